The van der Waals surface area contributed by atoms with Crippen molar-refractivity contribution >= 4 is 0 Å². The normalized spacial score (nSPS) is 11.2. The quantitative estimate of drug-likeness (QED) is 0.182. The van der Waals surface area contributed by atoms with Crippen LogP contribution >= 0.6 is 0 Å². The lowest BCUT2D eigenvalue weighted by Gasteiger charge is -2.08. The average Bonchev–Trinajstić information content (AvgIpc) is 2.67. The fraction of sp³-hybridized carbons (Fsp3) is 0.808. The largest absolute Gasteiger partial charge is 0.208 e. The van der Waals surface area contributed by atoms with Crippen molar-refractivity contribution in [1.29, 1.82) is 0 Å². The maximum Gasteiger partial charge on any atom is 0.171 e. The minimum atomic E-state index is 1.27. The molecular weight excluding hydrogens is 326 g/mol. The summed E-state index contributed by atoms with van der Waals surface area (Å²) in [5, 5.41) is 0. The number of hydrogen-bond acceptors (Lipinski definition) is 0. The average molecular weight is 375 g/mol. The third kappa shape index (κ3) is 13.0. The molecule has 0 atom stereocenters. The van der Waals surface area contributed by atoms with Crippen molar-refractivity contribution in [2.45, 2.75) is 129 Å². The van der Waals surface area contributed by atoms with Gasteiger partial charge in [0.05, 0.1) is 0 Å². The first-order chi connectivity index (χ1) is 13.3. The predicted octanol–water partition coefficient (Wildman–Crippen LogP) is 7.88. The monoisotopic (exact) mass is 374 g/mol. The van der Waals surface area contributed by atoms with Crippen LogP contribution in [0.3, 0.4) is 0 Å². The zero-order valence-electron chi connectivity index (χ0n) is 18.9. The van der Waals surface area contributed by atoms with Gasteiger partial charge in [-0.15, -0.1) is 0 Å². The van der Waals surface area contributed by atoms with E-state index in [2.05, 4.69) is 43.9 Å². The van der Waals surface area contributed by atoms with Gasteiger partial charge in [-0.25, -0.2) is 4.57 Å². The molecule has 0 aliphatic rings. The van der Waals surface area contributed by atoms with Gasteiger partial charge in [-0.2, -0.15) is 0 Å². The molecule has 0 bridgehead atoms. The van der Waals surface area contributed by atoms with Gasteiger partial charge < -0.3 is 0 Å². The lowest BCUT2D eigenvalue weighted by atomic mass is 9.98. The van der Waals surface area contributed by atoms with Crippen LogP contribution in [0, 0.1) is 0 Å². The first-order valence-electron chi connectivity index (χ1n) is 12.2. The number of hydrogen-bond donors (Lipinski definition) is 0. The molecule has 0 N–H and O–H groups in total. The summed E-state index contributed by atoms with van der Waals surface area (Å²) in [6, 6.07) is 2.38. The third-order valence-electron chi connectivity index (χ3n) is 5.88. The topological polar surface area (TPSA) is 3.88 Å². The van der Waals surface area contributed by atoms with Crippen LogP contribution < -0.4 is 4.57 Å². The van der Waals surface area contributed by atoms with E-state index in [0.717, 1.165) is 0 Å². The Kier molecular flexibility index (Phi) is 15.5. The maximum atomic E-state index is 2.38. The molecule has 1 aromatic heterocycles. The van der Waals surface area contributed by atoms with Gasteiger partial charge in [-0.05, 0) is 31.2 Å². The maximum absolute atomic E-state index is 2.38. The molecule has 0 fully saturated rings. The standard InChI is InChI=1S/C26H48N/c1-4-6-8-10-12-14-16-18-20-25-22-23-27(3)24-26(25)21-19-17-15-13-11-9-7-5-2/h22-24H,4-21H2,1-3H3/q+1. The molecule has 0 amide bonds. The van der Waals surface area contributed by atoms with E-state index in [1.54, 1.807) is 11.1 Å². The Bertz CT molecular complexity index is 452. The second kappa shape index (κ2) is 17.3. The number of nitrogens with zero attached hydrogens (tertiary/aromatic N) is 1. The molecular formula is C26H48N+. The molecule has 0 saturated carbocycles. The number of rotatable bonds is 18. The summed E-state index contributed by atoms with van der Waals surface area (Å²) in [4.78, 5) is 0. The van der Waals surface area contributed by atoms with Crippen LogP contribution in [0.15, 0.2) is 18.5 Å². The highest BCUT2D eigenvalue weighted by Gasteiger charge is 2.07. The van der Waals surface area contributed by atoms with Crippen molar-refractivity contribution in [3.8, 4) is 0 Å². The highest BCUT2D eigenvalue weighted by Crippen LogP contribution is 2.16. The third-order valence-corrected chi connectivity index (χ3v) is 5.88. The zero-order valence-corrected chi connectivity index (χ0v) is 18.9. The Morgan fingerprint density at radius 1 is 0.556 bits per heavy atom. The summed E-state index contributed by atoms with van der Waals surface area (Å²) in [6.45, 7) is 4.59. The van der Waals surface area contributed by atoms with E-state index in [4.69, 9.17) is 0 Å². The van der Waals surface area contributed by atoms with E-state index in [0.29, 0.717) is 0 Å². The molecule has 0 aromatic carbocycles. The van der Waals surface area contributed by atoms with Gasteiger partial charge in [0, 0.05) is 11.6 Å². The Hall–Kier alpha value is -0.850. The highest BCUT2D eigenvalue weighted by molar-refractivity contribution is 5.21. The van der Waals surface area contributed by atoms with E-state index < -0.39 is 0 Å². The second-order valence-electron chi connectivity index (χ2n) is 8.61. The molecule has 1 rings (SSSR count). The fourth-order valence-corrected chi connectivity index (χ4v) is 4.05. The van der Waals surface area contributed by atoms with Gasteiger partial charge in [0.15, 0.2) is 12.4 Å². The highest BCUT2D eigenvalue weighted by atomic mass is 14.9. The Balaban J connectivity index is 2.19. The van der Waals surface area contributed by atoms with Gasteiger partial charge >= 0.3 is 0 Å². The van der Waals surface area contributed by atoms with E-state index >= 15 is 0 Å². The molecule has 156 valence electrons. The molecule has 1 heterocycles. The molecule has 1 nitrogen and oxygen atoms in total. The van der Waals surface area contributed by atoms with E-state index in [9.17, 15) is 0 Å². The zero-order chi connectivity index (χ0) is 19.6. The Morgan fingerprint density at radius 2 is 0.963 bits per heavy atom. The fourth-order valence-electron chi connectivity index (χ4n) is 4.05. The summed E-state index contributed by atoms with van der Waals surface area (Å²) in [7, 11) is 2.16. The summed E-state index contributed by atoms with van der Waals surface area (Å²) in [5.41, 5.74) is 3.22. The van der Waals surface area contributed by atoms with Crippen LogP contribution in [-0.4, -0.2) is 0 Å². The SMILES string of the molecule is CCCCCCCCCCc1cc[n+](C)cc1CCCCCCCCCC. The van der Waals surface area contributed by atoms with Crippen molar-refractivity contribution in [2.75, 3.05) is 0 Å². The molecule has 1 aromatic rings. The van der Waals surface area contributed by atoms with Crippen LogP contribution in [0.1, 0.15) is 128 Å². The van der Waals surface area contributed by atoms with Crippen LogP contribution in [0.4, 0.5) is 0 Å². The molecule has 0 aliphatic heterocycles. The van der Waals surface area contributed by atoms with Crippen molar-refractivity contribution < 1.29 is 4.57 Å². The van der Waals surface area contributed by atoms with Crippen molar-refractivity contribution in [2.24, 2.45) is 7.05 Å². The Morgan fingerprint density at radius 3 is 1.44 bits per heavy atom. The number of aryl methyl sites for hydroxylation is 3. The minimum Gasteiger partial charge on any atom is -0.208 e. The van der Waals surface area contributed by atoms with Crippen molar-refractivity contribution in [1.82, 2.24) is 0 Å². The van der Waals surface area contributed by atoms with Crippen molar-refractivity contribution in [3.63, 3.8) is 0 Å². The molecule has 1 heteroatoms. The van der Waals surface area contributed by atoms with Crippen LogP contribution in [0.25, 0.3) is 0 Å². The molecule has 0 spiro atoms. The van der Waals surface area contributed by atoms with Gasteiger partial charge in [0.1, 0.15) is 7.05 Å². The van der Waals surface area contributed by atoms with Gasteiger partial charge in [-0.3, -0.25) is 0 Å². The number of aromatic nitrogens is 1. The molecule has 0 unspecified atom stereocenters. The molecule has 0 saturated heterocycles. The molecule has 27 heavy (non-hydrogen) atoms. The number of unbranched alkanes of at least 4 members (excludes halogenated alkanes) is 14. The van der Waals surface area contributed by atoms with Crippen molar-refractivity contribution in [3.05, 3.63) is 29.6 Å². The summed E-state index contributed by atoms with van der Waals surface area (Å²) >= 11 is 0. The number of pyridine rings is 1. The first-order valence-corrected chi connectivity index (χ1v) is 12.2. The van der Waals surface area contributed by atoms with E-state index in [1.807, 2.05) is 0 Å². The lowest BCUT2D eigenvalue weighted by molar-refractivity contribution is -0.672. The summed E-state index contributed by atoms with van der Waals surface area (Å²) in [5.74, 6) is 0. The predicted molar refractivity (Wildman–Crippen MR) is 120 cm³/mol. The second-order valence-corrected chi connectivity index (χ2v) is 8.61. The summed E-state index contributed by atoms with van der Waals surface area (Å²) in [6.07, 6.45) is 29.7. The van der Waals surface area contributed by atoms with E-state index in [1.165, 1.54) is 116 Å². The van der Waals surface area contributed by atoms with Gasteiger partial charge in [0.2, 0.25) is 0 Å². The van der Waals surface area contributed by atoms with Gasteiger partial charge in [0.25, 0.3) is 0 Å². The minimum absolute atomic E-state index is 1.27. The van der Waals surface area contributed by atoms with Crippen LogP contribution in [0.2, 0.25) is 0 Å². The molecule has 0 radical (unpaired) electrons. The molecule has 0 aliphatic carbocycles. The van der Waals surface area contributed by atoms with E-state index in [-0.39, 0.29) is 0 Å². The summed E-state index contributed by atoms with van der Waals surface area (Å²) < 4.78 is 2.23. The lowest BCUT2D eigenvalue weighted by Crippen LogP contribution is -2.27. The van der Waals surface area contributed by atoms with Crippen LogP contribution in [0.5, 0.6) is 0 Å². The Labute approximate surface area is 171 Å². The van der Waals surface area contributed by atoms with Crippen LogP contribution in [-0.2, 0) is 19.9 Å². The van der Waals surface area contributed by atoms with Gasteiger partial charge in [-0.1, -0.05) is 104 Å². The smallest absolute Gasteiger partial charge is 0.171 e. The first kappa shape index (κ1) is 24.2.